The van der Waals surface area contributed by atoms with E-state index >= 15 is 0 Å². The Morgan fingerprint density at radius 3 is 2.76 bits per heavy atom. The van der Waals surface area contributed by atoms with Crippen LogP contribution < -0.4 is 10.6 Å². The molecule has 0 saturated heterocycles. The van der Waals surface area contributed by atoms with Crippen molar-refractivity contribution in [2.45, 2.75) is 19.9 Å². The molecule has 0 spiro atoms. The first-order valence-electron chi connectivity index (χ1n) is 6.66. The summed E-state index contributed by atoms with van der Waals surface area (Å²) in [7, 11) is 0. The number of benzene rings is 2. The third kappa shape index (κ3) is 4.46. The highest BCUT2D eigenvalue weighted by Gasteiger charge is 2.05. The molecule has 2 N–H and O–H groups in total. The van der Waals surface area contributed by atoms with E-state index in [0.29, 0.717) is 29.4 Å². The van der Waals surface area contributed by atoms with Crippen LogP contribution in [-0.2, 0) is 11.3 Å². The van der Waals surface area contributed by atoms with Crippen molar-refractivity contribution in [3.63, 3.8) is 0 Å². The molecule has 0 aliphatic heterocycles. The van der Waals surface area contributed by atoms with Crippen LogP contribution in [0.2, 0.25) is 5.02 Å². The van der Waals surface area contributed by atoms with E-state index in [1.165, 1.54) is 12.1 Å². The van der Waals surface area contributed by atoms with E-state index in [1.54, 1.807) is 31.2 Å². The van der Waals surface area contributed by atoms with Crippen molar-refractivity contribution in [1.29, 1.82) is 0 Å². The second-order valence-electron chi connectivity index (χ2n) is 4.58. The summed E-state index contributed by atoms with van der Waals surface area (Å²) in [5.41, 5.74) is 2.18. The second-order valence-corrected chi connectivity index (χ2v) is 4.99. The molecule has 0 atom stereocenters. The number of halogens is 2. The molecule has 1 amide bonds. The number of anilines is 2. The normalized spacial score (nSPS) is 10.2. The molecule has 0 bridgehead atoms. The van der Waals surface area contributed by atoms with Gasteiger partial charge in [-0.1, -0.05) is 30.7 Å². The number of nitrogens with one attached hydrogen (secondary N) is 2. The van der Waals surface area contributed by atoms with E-state index in [4.69, 9.17) is 11.6 Å². The van der Waals surface area contributed by atoms with E-state index in [-0.39, 0.29) is 11.7 Å². The summed E-state index contributed by atoms with van der Waals surface area (Å²) in [4.78, 5) is 11.4. The molecule has 110 valence electrons. The Hall–Kier alpha value is -2.07. The van der Waals surface area contributed by atoms with Crippen LogP contribution in [0.25, 0.3) is 0 Å². The molecule has 0 heterocycles. The number of carbonyl (C=O) groups is 1. The largest absolute Gasteiger partial charge is 0.380 e. The highest BCUT2D eigenvalue weighted by Crippen LogP contribution is 2.26. The van der Waals surface area contributed by atoms with Gasteiger partial charge in [-0.25, -0.2) is 4.39 Å². The van der Waals surface area contributed by atoms with Gasteiger partial charge in [0.2, 0.25) is 5.91 Å². The SMILES string of the molecule is CCC(=O)Nc1ccc(Cl)c(NCc2cccc(F)c2)c1. The lowest BCUT2D eigenvalue weighted by atomic mass is 10.2. The third-order valence-electron chi connectivity index (χ3n) is 2.94. The number of amides is 1. The fourth-order valence-electron chi connectivity index (χ4n) is 1.83. The first kappa shape index (κ1) is 15.3. The molecule has 0 saturated carbocycles. The highest BCUT2D eigenvalue weighted by molar-refractivity contribution is 6.33. The van der Waals surface area contributed by atoms with Gasteiger partial charge in [0.1, 0.15) is 5.82 Å². The Kier molecular flexibility index (Phi) is 5.17. The maximum absolute atomic E-state index is 13.1. The minimum absolute atomic E-state index is 0.0617. The smallest absolute Gasteiger partial charge is 0.224 e. The summed E-state index contributed by atoms with van der Waals surface area (Å²) in [5.74, 6) is -0.335. The number of hydrogen-bond donors (Lipinski definition) is 2. The van der Waals surface area contributed by atoms with E-state index in [9.17, 15) is 9.18 Å². The van der Waals surface area contributed by atoms with Crippen LogP contribution in [0, 0.1) is 5.82 Å². The van der Waals surface area contributed by atoms with Gasteiger partial charge >= 0.3 is 0 Å². The standard InChI is InChI=1S/C16H16ClFN2O/c1-2-16(21)20-13-6-7-14(17)15(9-13)19-10-11-4-3-5-12(18)8-11/h3-9,19H,2,10H2,1H3,(H,20,21). The van der Waals surface area contributed by atoms with Gasteiger partial charge in [-0.3, -0.25) is 4.79 Å². The monoisotopic (exact) mass is 306 g/mol. The van der Waals surface area contributed by atoms with Gasteiger partial charge in [0.25, 0.3) is 0 Å². The fourth-order valence-corrected chi connectivity index (χ4v) is 2.02. The lowest BCUT2D eigenvalue weighted by Crippen LogP contribution is -2.09. The molecule has 2 aromatic carbocycles. The summed E-state index contributed by atoms with van der Waals surface area (Å²) in [6, 6.07) is 11.6. The van der Waals surface area contributed by atoms with Gasteiger partial charge in [-0.2, -0.15) is 0 Å². The van der Waals surface area contributed by atoms with Crippen LogP contribution in [0.1, 0.15) is 18.9 Å². The summed E-state index contributed by atoms with van der Waals surface area (Å²) >= 11 is 6.11. The van der Waals surface area contributed by atoms with E-state index in [1.807, 2.05) is 6.07 Å². The molecule has 2 rings (SSSR count). The molecule has 0 aliphatic rings. The van der Waals surface area contributed by atoms with Crippen molar-refractivity contribution in [2.75, 3.05) is 10.6 Å². The minimum atomic E-state index is -0.274. The Morgan fingerprint density at radius 1 is 1.24 bits per heavy atom. The molecule has 0 aliphatic carbocycles. The second kappa shape index (κ2) is 7.09. The zero-order valence-electron chi connectivity index (χ0n) is 11.6. The van der Waals surface area contributed by atoms with Gasteiger partial charge in [0.15, 0.2) is 0 Å². The van der Waals surface area contributed by atoms with Crippen LogP contribution in [0.5, 0.6) is 0 Å². The predicted molar refractivity (Wildman–Crippen MR) is 84.1 cm³/mol. The number of hydrogen-bond acceptors (Lipinski definition) is 2. The molecular formula is C16H16ClFN2O. The average Bonchev–Trinajstić information content (AvgIpc) is 2.47. The predicted octanol–water partition coefficient (Wildman–Crippen LogP) is 4.44. The van der Waals surface area contributed by atoms with Crippen molar-refractivity contribution in [1.82, 2.24) is 0 Å². The summed E-state index contributed by atoms with van der Waals surface area (Å²) in [6.45, 7) is 2.23. The van der Waals surface area contributed by atoms with Crippen LogP contribution in [0.4, 0.5) is 15.8 Å². The lowest BCUT2D eigenvalue weighted by Gasteiger charge is -2.11. The van der Waals surface area contributed by atoms with Gasteiger partial charge in [-0.15, -0.1) is 0 Å². The van der Waals surface area contributed by atoms with Crippen molar-refractivity contribution in [3.05, 3.63) is 58.9 Å². The first-order valence-corrected chi connectivity index (χ1v) is 7.04. The topological polar surface area (TPSA) is 41.1 Å². The molecule has 5 heteroatoms. The first-order chi connectivity index (χ1) is 10.1. The maximum Gasteiger partial charge on any atom is 0.224 e. The number of carbonyl (C=O) groups excluding carboxylic acids is 1. The molecule has 2 aromatic rings. The molecule has 0 unspecified atom stereocenters. The van der Waals surface area contributed by atoms with E-state index < -0.39 is 0 Å². The Labute approximate surface area is 128 Å². The van der Waals surface area contributed by atoms with E-state index in [0.717, 1.165) is 5.56 Å². The van der Waals surface area contributed by atoms with Crippen molar-refractivity contribution in [3.8, 4) is 0 Å². The van der Waals surface area contributed by atoms with Crippen LogP contribution in [0.3, 0.4) is 0 Å². The summed E-state index contributed by atoms with van der Waals surface area (Å²) in [6.07, 6.45) is 0.411. The molecule has 0 radical (unpaired) electrons. The van der Waals surface area contributed by atoms with Crippen molar-refractivity contribution in [2.24, 2.45) is 0 Å². The van der Waals surface area contributed by atoms with Gasteiger partial charge in [-0.05, 0) is 35.9 Å². The molecule has 21 heavy (non-hydrogen) atoms. The van der Waals surface area contributed by atoms with Crippen LogP contribution in [-0.4, -0.2) is 5.91 Å². The zero-order valence-corrected chi connectivity index (χ0v) is 12.4. The van der Waals surface area contributed by atoms with Crippen LogP contribution in [0.15, 0.2) is 42.5 Å². The summed E-state index contributed by atoms with van der Waals surface area (Å²) in [5, 5.41) is 6.45. The average molecular weight is 307 g/mol. The summed E-state index contributed by atoms with van der Waals surface area (Å²) < 4.78 is 13.1. The molecule has 0 aromatic heterocycles. The molecular weight excluding hydrogens is 291 g/mol. The van der Waals surface area contributed by atoms with Crippen LogP contribution >= 0.6 is 11.6 Å². The Balaban J connectivity index is 2.08. The minimum Gasteiger partial charge on any atom is -0.380 e. The lowest BCUT2D eigenvalue weighted by molar-refractivity contribution is -0.115. The quantitative estimate of drug-likeness (QED) is 0.857. The van der Waals surface area contributed by atoms with Gasteiger partial charge in [0, 0.05) is 18.7 Å². The fraction of sp³-hybridized carbons (Fsp3) is 0.188. The number of rotatable bonds is 5. The van der Waals surface area contributed by atoms with Crippen molar-refractivity contribution < 1.29 is 9.18 Å². The maximum atomic E-state index is 13.1. The molecule has 3 nitrogen and oxygen atoms in total. The Morgan fingerprint density at radius 2 is 2.05 bits per heavy atom. The molecule has 0 fully saturated rings. The van der Waals surface area contributed by atoms with Gasteiger partial charge < -0.3 is 10.6 Å². The van der Waals surface area contributed by atoms with E-state index in [2.05, 4.69) is 10.6 Å². The zero-order chi connectivity index (χ0) is 15.2. The highest BCUT2D eigenvalue weighted by atomic mass is 35.5. The third-order valence-corrected chi connectivity index (χ3v) is 3.27. The Bertz CT molecular complexity index is 646. The van der Waals surface area contributed by atoms with Crippen molar-refractivity contribution >= 4 is 28.9 Å². The van der Waals surface area contributed by atoms with Gasteiger partial charge in [0.05, 0.1) is 10.7 Å².